The largest absolute Gasteiger partial charge is 0.488 e. The van der Waals surface area contributed by atoms with Crippen LogP contribution in [0.3, 0.4) is 0 Å². The minimum absolute atomic E-state index is 0.369. The Bertz CT molecular complexity index is 681. The van der Waals surface area contributed by atoms with Gasteiger partial charge < -0.3 is 10.5 Å². The third-order valence-corrected chi connectivity index (χ3v) is 3.66. The van der Waals surface area contributed by atoms with Gasteiger partial charge in [-0.2, -0.15) is 5.26 Å². The summed E-state index contributed by atoms with van der Waals surface area (Å²) in [6.45, 7) is 4.89. The molecule has 0 spiro atoms. The predicted octanol–water partition coefficient (Wildman–Crippen LogP) is 3.87. The lowest BCUT2D eigenvalue weighted by Gasteiger charge is -2.14. The molecule has 2 aromatic carbocycles. The molecule has 0 radical (unpaired) electrons. The van der Waals surface area contributed by atoms with Crippen molar-refractivity contribution in [2.24, 2.45) is 5.73 Å². The summed E-state index contributed by atoms with van der Waals surface area (Å²) in [6, 6.07) is 11.3. The first-order chi connectivity index (χ1) is 10.0. The number of nitrogens with two attached hydrogens (primary N) is 1. The standard InChI is InChI=1S/C17H17ClN2O/c1-11-5-14(9-20)6-12(2)17(11)21-10-15-4-3-13(8-19)7-16(15)18/h3-7H,9-10,20H2,1-2H3. The van der Waals surface area contributed by atoms with E-state index in [4.69, 9.17) is 27.3 Å². The number of nitrogens with zero attached hydrogens (tertiary/aromatic N) is 1. The molecule has 2 rings (SSSR count). The van der Waals surface area contributed by atoms with Crippen molar-refractivity contribution in [2.45, 2.75) is 27.0 Å². The van der Waals surface area contributed by atoms with Gasteiger partial charge in [-0.05, 0) is 42.7 Å². The Morgan fingerprint density at radius 1 is 1.19 bits per heavy atom. The highest BCUT2D eigenvalue weighted by molar-refractivity contribution is 6.31. The van der Waals surface area contributed by atoms with Crippen molar-refractivity contribution in [3.05, 3.63) is 63.2 Å². The van der Waals surface area contributed by atoms with Crippen molar-refractivity contribution in [3.8, 4) is 11.8 Å². The molecule has 0 saturated carbocycles. The lowest BCUT2D eigenvalue weighted by molar-refractivity contribution is 0.302. The first-order valence-corrected chi connectivity index (χ1v) is 7.04. The molecule has 0 atom stereocenters. The monoisotopic (exact) mass is 300 g/mol. The molecule has 0 saturated heterocycles. The summed E-state index contributed by atoms with van der Waals surface area (Å²) in [4.78, 5) is 0. The van der Waals surface area contributed by atoms with Crippen LogP contribution in [0, 0.1) is 25.2 Å². The lowest BCUT2D eigenvalue weighted by atomic mass is 10.1. The lowest BCUT2D eigenvalue weighted by Crippen LogP contribution is -2.03. The summed E-state index contributed by atoms with van der Waals surface area (Å²) in [5.74, 6) is 0.854. The van der Waals surface area contributed by atoms with Crippen LogP contribution in [0.4, 0.5) is 0 Å². The van der Waals surface area contributed by atoms with Crippen molar-refractivity contribution in [2.75, 3.05) is 0 Å². The van der Waals surface area contributed by atoms with Gasteiger partial charge in [-0.15, -0.1) is 0 Å². The van der Waals surface area contributed by atoms with Gasteiger partial charge in [0.2, 0.25) is 0 Å². The molecule has 0 heterocycles. The second-order valence-electron chi connectivity index (χ2n) is 4.97. The van der Waals surface area contributed by atoms with Crippen LogP contribution < -0.4 is 10.5 Å². The summed E-state index contributed by atoms with van der Waals surface area (Å²) >= 11 is 6.15. The van der Waals surface area contributed by atoms with E-state index in [1.54, 1.807) is 12.1 Å². The zero-order chi connectivity index (χ0) is 15.4. The van der Waals surface area contributed by atoms with Crippen LogP contribution >= 0.6 is 11.6 Å². The van der Waals surface area contributed by atoms with Crippen LogP contribution in [-0.2, 0) is 13.2 Å². The fourth-order valence-corrected chi connectivity index (χ4v) is 2.50. The number of rotatable bonds is 4. The van der Waals surface area contributed by atoms with Crippen molar-refractivity contribution in [3.63, 3.8) is 0 Å². The zero-order valence-electron chi connectivity index (χ0n) is 12.1. The molecular weight excluding hydrogens is 284 g/mol. The van der Waals surface area contributed by atoms with Gasteiger partial charge in [-0.1, -0.05) is 29.8 Å². The van der Waals surface area contributed by atoms with Gasteiger partial charge in [-0.3, -0.25) is 0 Å². The Morgan fingerprint density at radius 2 is 1.86 bits per heavy atom. The molecule has 0 unspecified atom stereocenters. The number of benzene rings is 2. The summed E-state index contributed by atoms with van der Waals surface area (Å²) in [5, 5.41) is 9.38. The maximum absolute atomic E-state index is 8.83. The van der Waals surface area contributed by atoms with E-state index in [2.05, 4.69) is 6.07 Å². The molecule has 0 fully saturated rings. The number of nitriles is 1. The molecule has 0 aliphatic carbocycles. The fraction of sp³-hybridized carbons (Fsp3) is 0.235. The van der Waals surface area contributed by atoms with Gasteiger partial charge in [0.15, 0.2) is 0 Å². The van der Waals surface area contributed by atoms with E-state index in [1.165, 1.54) is 0 Å². The highest BCUT2D eigenvalue weighted by atomic mass is 35.5. The molecule has 3 nitrogen and oxygen atoms in total. The molecule has 4 heteroatoms. The van der Waals surface area contributed by atoms with E-state index >= 15 is 0 Å². The normalized spacial score (nSPS) is 10.2. The Morgan fingerprint density at radius 3 is 2.38 bits per heavy atom. The van der Waals surface area contributed by atoms with Crippen LogP contribution in [-0.4, -0.2) is 0 Å². The number of halogens is 1. The van der Waals surface area contributed by atoms with Crippen LogP contribution in [0.1, 0.15) is 27.8 Å². The number of aryl methyl sites for hydroxylation is 2. The van der Waals surface area contributed by atoms with Crippen LogP contribution in [0.15, 0.2) is 30.3 Å². The molecule has 0 aliphatic heterocycles. The molecule has 0 aliphatic rings. The van der Waals surface area contributed by atoms with Gasteiger partial charge in [0.1, 0.15) is 12.4 Å². The average Bonchev–Trinajstić information content (AvgIpc) is 2.47. The van der Waals surface area contributed by atoms with Crippen molar-refractivity contribution in [1.29, 1.82) is 5.26 Å². The topological polar surface area (TPSA) is 59.0 Å². The molecule has 0 amide bonds. The van der Waals surface area contributed by atoms with Crippen molar-refractivity contribution >= 4 is 11.6 Å². The van der Waals surface area contributed by atoms with E-state index in [-0.39, 0.29) is 0 Å². The Labute approximate surface area is 129 Å². The maximum Gasteiger partial charge on any atom is 0.125 e. The average molecular weight is 301 g/mol. The number of hydrogen-bond donors (Lipinski definition) is 1. The predicted molar refractivity (Wildman–Crippen MR) is 84.3 cm³/mol. The number of hydrogen-bond acceptors (Lipinski definition) is 3. The summed E-state index contributed by atoms with van der Waals surface area (Å²) < 4.78 is 5.90. The van der Waals surface area contributed by atoms with Gasteiger partial charge in [0, 0.05) is 17.1 Å². The van der Waals surface area contributed by atoms with Crippen LogP contribution in [0.2, 0.25) is 5.02 Å². The van der Waals surface area contributed by atoms with E-state index in [1.807, 2.05) is 32.0 Å². The quantitative estimate of drug-likeness (QED) is 0.932. The van der Waals surface area contributed by atoms with Crippen molar-refractivity contribution < 1.29 is 4.74 Å². The Balaban J connectivity index is 2.19. The SMILES string of the molecule is Cc1cc(CN)cc(C)c1OCc1ccc(C#N)cc1Cl. The second kappa shape index (κ2) is 6.62. The third kappa shape index (κ3) is 3.55. The van der Waals surface area contributed by atoms with E-state index in [0.29, 0.717) is 23.7 Å². The molecule has 0 aromatic heterocycles. The zero-order valence-corrected chi connectivity index (χ0v) is 12.9. The minimum atomic E-state index is 0.369. The molecule has 0 bridgehead atoms. The van der Waals surface area contributed by atoms with E-state index < -0.39 is 0 Å². The Kier molecular flexibility index (Phi) is 4.85. The minimum Gasteiger partial charge on any atom is -0.488 e. The first-order valence-electron chi connectivity index (χ1n) is 6.66. The van der Waals surface area contributed by atoms with E-state index in [9.17, 15) is 0 Å². The molecule has 2 N–H and O–H groups in total. The third-order valence-electron chi connectivity index (χ3n) is 3.31. The molecule has 108 valence electrons. The van der Waals surface area contributed by atoms with E-state index in [0.717, 1.165) is 28.0 Å². The van der Waals surface area contributed by atoms with Crippen LogP contribution in [0.5, 0.6) is 5.75 Å². The fourth-order valence-electron chi connectivity index (χ4n) is 2.27. The maximum atomic E-state index is 8.83. The molecule has 21 heavy (non-hydrogen) atoms. The highest BCUT2D eigenvalue weighted by Crippen LogP contribution is 2.27. The van der Waals surface area contributed by atoms with Gasteiger partial charge in [0.25, 0.3) is 0 Å². The van der Waals surface area contributed by atoms with Gasteiger partial charge in [-0.25, -0.2) is 0 Å². The van der Waals surface area contributed by atoms with Crippen molar-refractivity contribution in [1.82, 2.24) is 0 Å². The summed E-state index contributed by atoms with van der Waals surface area (Å²) in [7, 11) is 0. The van der Waals surface area contributed by atoms with Gasteiger partial charge in [0.05, 0.1) is 11.6 Å². The van der Waals surface area contributed by atoms with Crippen LogP contribution in [0.25, 0.3) is 0 Å². The highest BCUT2D eigenvalue weighted by Gasteiger charge is 2.08. The summed E-state index contributed by atoms with van der Waals surface area (Å²) in [5.41, 5.74) is 10.3. The smallest absolute Gasteiger partial charge is 0.125 e. The second-order valence-corrected chi connectivity index (χ2v) is 5.38. The van der Waals surface area contributed by atoms with Gasteiger partial charge >= 0.3 is 0 Å². The Hall–Kier alpha value is -2.02. The first kappa shape index (κ1) is 15.4. The summed E-state index contributed by atoms with van der Waals surface area (Å²) in [6.07, 6.45) is 0. The number of ether oxygens (including phenoxy) is 1. The molecule has 2 aromatic rings. The molecular formula is C17H17ClN2O.